The van der Waals surface area contributed by atoms with Gasteiger partial charge in [0.25, 0.3) is 0 Å². The maximum atomic E-state index is 10.7. The summed E-state index contributed by atoms with van der Waals surface area (Å²) in [6.07, 6.45) is -0.0492. The molecular weight excluding hydrogens is 174 g/mol. The first-order valence-corrected chi connectivity index (χ1v) is 3.43. The van der Waals surface area contributed by atoms with Crippen LogP contribution in [0.15, 0.2) is 24.3 Å². The Labute approximate surface area is 73.8 Å². The molecule has 0 atom stereocenters. The van der Waals surface area contributed by atoms with Crippen LogP contribution < -0.4 is 5.06 Å². The standard InChI is InChI=1S/C8H7NO4/c10-5-8(12)9(13)6-3-1-2-4-7(6)11/h1-5,11,13H. The minimum Gasteiger partial charge on any atom is -0.506 e. The number of rotatable bonds is 2. The molecule has 0 fully saturated rings. The van der Waals surface area contributed by atoms with Crippen LogP contribution in [-0.2, 0) is 9.59 Å². The Bertz CT molecular complexity index is 337. The van der Waals surface area contributed by atoms with E-state index in [1.807, 2.05) is 0 Å². The molecule has 0 aliphatic carbocycles. The topological polar surface area (TPSA) is 77.8 Å². The number of aldehydes is 1. The molecule has 0 bridgehead atoms. The monoisotopic (exact) mass is 181 g/mol. The average Bonchev–Trinajstić information content (AvgIpc) is 2.16. The zero-order valence-electron chi connectivity index (χ0n) is 6.54. The number of para-hydroxylation sites is 2. The second kappa shape index (κ2) is 3.68. The average molecular weight is 181 g/mol. The van der Waals surface area contributed by atoms with Crippen LogP contribution >= 0.6 is 0 Å². The first-order valence-electron chi connectivity index (χ1n) is 3.43. The molecule has 0 saturated heterocycles. The van der Waals surface area contributed by atoms with E-state index in [2.05, 4.69) is 0 Å². The van der Waals surface area contributed by atoms with Gasteiger partial charge in [-0.25, -0.2) is 0 Å². The van der Waals surface area contributed by atoms with Crippen LogP contribution in [-0.4, -0.2) is 22.5 Å². The summed E-state index contributed by atoms with van der Waals surface area (Å²) in [5, 5.41) is 18.3. The van der Waals surface area contributed by atoms with Crippen molar-refractivity contribution in [1.82, 2.24) is 0 Å². The zero-order chi connectivity index (χ0) is 9.84. The normalized spacial score (nSPS) is 9.31. The van der Waals surface area contributed by atoms with Gasteiger partial charge in [-0.3, -0.25) is 14.8 Å². The molecule has 1 rings (SSSR count). The Morgan fingerprint density at radius 2 is 2.00 bits per heavy atom. The molecule has 0 aromatic heterocycles. The molecule has 5 nitrogen and oxygen atoms in total. The van der Waals surface area contributed by atoms with Crippen molar-refractivity contribution >= 4 is 17.9 Å². The van der Waals surface area contributed by atoms with Gasteiger partial charge < -0.3 is 5.11 Å². The van der Waals surface area contributed by atoms with Crippen molar-refractivity contribution in [3.05, 3.63) is 24.3 Å². The van der Waals surface area contributed by atoms with Gasteiger partial charge in [-0.15, -0.1) is 0 Å². The number of nitrogens with zero attached hydrogens (tertiary/aromatic N) is 1. The number of carbonyl (C=O) groups is 2. The molecule has 13 heavy (non-hydrogen) atoms. The van der Waals surface area contributed by atoms with E-state index in [0.29, 0.717) is 0 Å². The first-order chi connectivity index (χ1) is 6.16. The highest BCUT2D eigenvalue weighted by atomic mass is 16.5. The molecule has 68 valence electrons. The molecule has 1 aromatic carbocycles. The van der Waals surface area contributed by atoms with Gasteiger partial charge in [0.2, 0.25) is 6.29 Å². The van der Waals surface area contributed by atoms with E-state index in [1.54, 1.807) is 0 Å². The number of amides is 1. The number of hydroxylamine groups is 1. The summed E-state index contributed by atoms with van der Waals surface area (Å²) in [7, 11) is 0. The van der Waals surface area contributed by atoms with Crippen LogP contribution in [0.1, 0.15) is 0 Å². The maximum Gasteiger partial charge on any atom is 0.314 e. The van der Waals surface area contributed by atoms with Gasteiger partial charge in [-0.2, -0.15) is 5.06 Å². The molecule has 5 heteroatoms. The van der Waals surface area contributed by atoms with Gasteiger partial charge in [0.1, 0.15) is 11.4 Å². The second-order valence-electron chi connectivity index (χ2n) is 2.26. The second-order valence-corrected chi connectivity index (χ2v) is 2.26. The lowest BCUT2D eigenvalue weighted by atomic mass is 10.3. The van der Waals surface area contributed by atoms with E-state index in [1.165, 1.54) is 24.3 Å². The Morgan fingerprint density at radius 3 is 2.54 bits per heavy atom. The summed E-state index contributed by atoms with van der Waals surface area (Å²) in [4.78, 5) is 20.7. The molecule has 1 aromatic rings. The maximum absolute atomic E-state index is 10.7. The van der Waals surface area contributed by atoms with E-state index in [4.69, 9.17) is 10.3 Å². The van der Waals surface area contributed by atoms with E-state index in [-0.39, 0.29) is 22.8 Å². The summed E-state index contributed by atoms with van der Waals surface area (Å²) in [6.45, 7) is 0. The van der Waals surface area contributed by atoms with Crippen molar-refractivity contribution in [1.29, 1.82) is 0 Å². The van der Waals surface area contributed by atoms with E-state index in [9.17, 15) is 9.59 Å². The lowest BCUT2D eigenvalue weighted by Gasteiger charge is -2.12. The molecule has 0 radical (unpaired) electrons. The molecule has 2 N–H and O–H groups in total. The summed E-state index contributed by atoms with van der Waals surface area (Å²) in [5.41, 5.74) is -0.125. The van der Waals surface area contributed by atoms with Gasteiger partial charge >= 0.3 is 5.91 Å². The van der Waals surface area contributed by atoms with Crippen molar-refractivity contribution in [2.45, 2.75) is 0 Å². The van der Waals surface area contributed by atoms with E-state index in [0.717, 1.165) is 0 Å². The number of hydrogen-bond donors (Lipinski definition) is 2. The van der Waals surface area contributed by atoms with Crippen molar-refractivity contribution < 1.29 is 19.9 Å². The van der Waals surface area contributed by atoms with Crippen molar-refractivity contribution in [2.24, 2.45) is 0 Å². The highest BCUT2D eigenvalue weighted by Gasteiger charge is 2.14. The fourth-order valence-electron chi connectivity index (χ4n) is 0.812. The fourth-order valence-corrected chi connectivity index (χ4v) is 0.812. The van der Waals surface area contributed by atoms with Crippen LogP contribution in [0.2, 0.25) is 0 Å². The number of phenols is 1. The summed E-state index contributed by atoms with van der Waals surface area (Å²) < 4.78 is 0. The molecule has 0 aliphatic heterocycles. The Kier molecular flexibility index (Phi) is 2.61. The molecule has 0 heterocycles. The van der Waals surface area contributed by atoms with Gasteiger partial charge in [0.05, 0.1) is 0 Å². The predicted molar refractivity (Wildman–Crippen MR) is 43.4 cm³/mol. The van der Waals surface area contributed by atoms with Crippen LogP contribution in [0.4, 0.5) is 5.69 Å². The van der Waals surface area contributed by atoms with Crippen LogP contribution in [0.25, 0.3) is 0 Å². The molecule has 0 aliphatic rings. The smallest absolute Gasteiger partial charge is 0.314 e. The highest BCUT2D eigenvalue weighted by Crippen LogP contribution is 2.24. The van der Waals surface area contributed by atoms with E-state index < -0.39 is 5.91 Å². The van der Waals surface area contributed by atoms with Gasteiger partial charge in [-0.1, -0.05) is 12.1 Å². The quantitative estimate of drug-likeness (QED) is 0.298. The van der Waals surface area contributed by atoms with Gasteiger partial charge in [0, 0.05) is 0 Å². The van der Waals surface area contributed by atoms with Crippen LogP contribution in [0, 0.1) is 0 Å². The Balaban J connectivity index is 3.01. The largest absolute Gasteiger partial charge is 0.506 e. The number of carbonyl (C=O) groups excluding carboxylic acids is 2. The van der Waals surface area contributed by atoms with Crippen LogP contribution in [0.3, 0.4) is 0 Å². The van der Waals surface area contributed by atoms with Gasteiger partial charge in [-0.05, 0) is 12.1 Å². The number of benzene rings is 1. The number of hydrogen-bond acceptors (Lipinski definition) is 4. The SMILES string of the molecule is O=CC(=O)N(O)c1ccccc1O. The summed E-state index contributed by atoms with van der Waals surface area (Å²) >= 11 is 0. The van der Waals surface area contributed by atoms with Gasteiger partial charge in [0.15, 0.2) is 0 Å². The fraction of sp³-hybridized carbons (Fsp3) is 0. The van der Waals surface area contributed by atoms with Crippen LogP contribution in [0.5, 0.6) is 5.75 Å². The Morgan fingerprint density at radius 1 is 1.38 bits per heavy atom. The number of phenolic OH excluding ortho intramolecular Hbond substituents is 1. The third kappa shape index (κ3) is 1.83. The van der Waals surface area contributed by atoms with Crippen molar-refractivity contribution in [3.63, 3.8) is 0 Å². The number of anilines is 1. The third-order valence-electron chi connectivity index (χ3n) is 1.42. The molecular formula is C8H7NO4. The predicted octanol–water partition coefficient (Wildman–Crippen LogP) is 0.313. The lowest BCUT2D eigenvalue weighted by Crippen LogP contribution is -2.27. The lowest BCUT2D eigenvalue weighted by molar-refractivity contribution is -0.133. The highest BCUT2D eigenvalue weighted by molar-refractivity contribution is 6.29. The molecule has 1 amide bonds. The van der Waals surface area contributed by atoms with E-state index >= 15 is 0 Å². The minimum atomic E-state index is -1.14. The molecule has 0 unspecified atom stereocenters. The third-order valence-corrected chi connectivity index (χ3v) is 1.42. The summed E-state index contributed by atoms with van der Waals surface area (Å²) in [6, 6.07) is 5.63. The van der Waals surface area contributed by atoms with Crippen molar-refractivity contribution in [3.8, 4) is 5.75 Å². The van der Waals surface area contributed by atoms with Crippen molar-refractivity contribution in [2.75, 3.05) is 5.06 Å². The molecule has 0 saturated carbocycles. The first kappa shape index (κ1) is 9.21. The Hall–Kier alpha value is -1.88. The molecule has 0 spiro atoms. The zero-order valence-corrected chi connectivity index (χ0v) is 6.54. The minimum absolute atomic E-state index is 0.0492. The number of aromatic hydroxyl groups is 1. The summed E-state index contributed by atoms with van der Waals surface area (Å²) in [5.74, 6) is -1.42.